The van der Waals surface area contributed by atoms with Gasteiger partial charge in [-0.25, -0.2) is 4.99 Å². The summed E-state index contributed by atoms with van der Waals surface area (Å²) < 4.78 is 10.4. The molecule has 0 unspecified atom stereocenters. The van der Waals surface area contributed by atoms with Crippen molar-refractivity contribution in [2.75, 3.05) is 32.9 Å². The predicted molar refractivity (Wildman–Crippen MR) is 87.3 cm³/mol. The van der Waals surface area contributed by atoms with Crippen LogP contribution in [-0.2, 0) is 19.1 Å². The summed E-state index contributed by atoms with van der Waals surface area (Å²) in [5.74, 6) is -1.40. The summed E-state index contributed by atoms with van der Waals surface area (Å²) in [6.45, 7) is 4.44. The van der Waals surface area contributed by atoms with Gasteiger partial charge in [0.2, 0.25) is 11.9 Å². The van der Waals surface area contributed by atoms with Crippen LogP contribution in [0.2, 0.25) is 0 Å². The molecule has 128 valence electrons. The monoisotopic (exact) mass is 331 g/mol. The first-order valence-corrected chi connectivity index (χ1v) is 8.13. The Kier molecular flexibility index (Phi) is 5.10. The van der Waals surface area contributed by atoms with Crippen molar-refractivity contribution in [3.63, 3.8) is 0 Å². The average Bonchev–Trinajstić information content (AvgIpc) is 2.62. The van der Waals surface area contributed by atoms with Crippen LogP contribution < -0.4 is 5.32 Å². The molecule has 24 heavy (non-hydrogen) atoms. The highest BCUT2D eigenvalue weighted by molar-refractivity contribution is 6.08. The van der Waals surface area contributed by atoms with Crippen molar-refractivity contribution in [1.82, 2.24) is 10.2 Å². The van der Waals surface area contributed by atoms with E-state index in [1.807, 2.05) is 35.2 Å². The summed E-state index contributed by atoms with van der Waals surface area (Å²) >= 11 is 0. The molecule has 2 aliphatic heterocycles. The highest BCUT2D eigenvalue weighted by Gasteiger charge is 2.41. The van der Waals surface area contributed by atoms with Crippen LogP contribution in [0.3, 0.4) is 0 Å². The van der Waals surface area contributed by atoms with Gasteiger partial charge in [-0.05, 0) is 12.5 Å². The Hall–Kier alpha value is -2.41. The third-order valence-corrected chi connectivity index (χ3v) is 4.09. The zero-order valence-corrected chi connectivity index (χ0v) is 13.6. The van der Waals surface area contributed by atoms with Crippen LogP contribution in [0.4, 0.5) is 0 Å². The van der Waals surface area contributed by atoms with E-state index < -0.39 is 17.9 Å². The lowest BCUT2D eigenvalue weighted by atomic mass is 9.91. The lowest BCUT2D eigenvalue weighted by Crippen LogP contribution is -2.55. The van der Waals surface area contributed by atoms with Crippen molar-refractivity contribution in [2.24, 2.45) is 10.9 Å². The number of carbonyl (C=O) groups is 2. The molecule has 2 aliphatic rings. The molecule has 1 aromatic rings. The van der Waals surface area contributed by atoms with Gasteiger partial charge in [0.05, 0.1) is 19.8 Å². The maximum atomic E-state index is 12.6. The molecule has 0 aliphatic carbocycles. The number of hydrogen-bond donors (Lipinski definition) is 1. The molecule has 1 saturated heterocycles. The van der Waals surface area contributed by atoms with Crippen LogP contribution in [-0.4, -0.2) is 55.6 Å². The van der Waals surface area contributed by atoms with E-state index in [-0.39, 0.29) is 12.5 Å². The number of carbonyl (C=O) groups excluding carboxylic acids is 2. The number of morpholine rings is 1. The lowest BCUT2D eigenvalue weighted by Gasteiger charge is -2.35. The molecular weight excluding hydrogens is 310 g/mol. The van der Waals surface area contributed by atoms with E-state index in [1.54, 1.807) is 6.92 Å². The van der Waals surface area contributed by atoms with Crippen molar-refractivity contribution in [3.05, 3.63) is 35.9 Å². The molecular formula is C17H21N3O4. The fraction of sp³-hybridized carbons (Fsp3) is 0.471. The molecule has 0 spiro atoms. The van der Waals surface area contributed by atoms with Gasteiger partial charge in [0.15, 0.2) is 5.92 Å². The fourth-order valence-electron chi connectivity index (χ4n) is 2.89. The topological polar surface area (TPSA) is 80.2 Å². The van der Waals surface area contributed by atoms with Gasteiger partial charge in [0.1, 0.15) is 6.04 Å². The Bertz CT molecular complexity index is 626. The normalized spacial score (nSPS) is 24.1. The molecule has 1 fully saturated rings. The standard InChI is InChI=1S/C17H21N3O4/c1-2-24-16(22)13-14(12-6-4-3-5-7-12)18-17(19-15(13)21)20-8-10-23-11-9-20/h3-7,13-14H,2,8-11H2,1H3,(H,18,19,21)/t13-,14-/m0/s1. The zero-order valence-electron chi connectivity index (χ0n) is 13.6. The van der Waals surface area contributed by atoms with Gasteiger partial charge >= 0.3 is 5.97 Å². The van der Waals surface area contributed by atoms with E-state index in [2.05, 4.69) is 10.3 Å². The Morgan fingerprint density at radius 2 is 2.04 bits per heavy atom. The Balaban J connectivity index is 1.94. The largest absolute Gasteiger partial charge is 0.465 e. The van der Waals surface area contributed by atoms with Gasteiger partial charge in [0.25, 0.3) is 0 Å². The number of aliphatic imine (C=N–C) groups is 1. The molecule has 0 saturated carbocycles. The number of nitrogens with one attached hydrogen (secondary N) is 1. The number of nitrogens with zero attached hydrogens (tertiary/aromatic N) is 2. The van der Waals surface area contributed by atoms with Gasteiger partial charge < -0.3 is 14.4 Å². The Labute approximate surface area is 140 Å². The summed E-state index contributed by atoms with van der Waals surface area (Å²) in [6.07, 6.45) is 0. The molecule has 1 aromatic carbocycles. The van der Waals surface area contributed by atoms with E-state index in [4.69, 9.17) is 9.47 Å². The van der Waals surface area contributed by atoms with Crippen molar-refractivity contribution in [2.45, 2.75) is 13.0 Å². The van der Waals surface area contributed by atoms with E-state index in [0.717, 1.165) is 5.56 Å². The number of hydrogen-bond acceptors (Lipinski definition) is 6. The minimum Gasteiger partial charge on any atom is -0.465 e. The molecule has 2 heterocycles. The quantitative estimate of drug-likeness (QED) is 0.652. The predicted octanol–water partition coefficient (Wildman–Crippen LogP) is 0.725. The first-order chi connectivity index (χ1) is 11.7. The number of ether oxygens (including phenoxy) is 2. The van der Waals surface area contributed by atoms with E-state index in [0.29, 0.717) is 32.3 Å². The number of benzene rings is 1. The highest BCUT2D eigenvalue weighted by Crippen LogP contribution is 2.30. The minimum atomic E-state index is -0.975. The SMILES string of the molecule is CCOC(=O)[C@@H]1C(=O)NC(N2CCOCC2)=N[C@H]1c1ccccc1. The van der Waals surface area contributed by atoms with Crippen LogP contribution in [0.15, 0.2) is 35.3 Å². The Morgan fingerprint density at radius 1 is 1.33 bits per heavy atom. The summed E-state index contributed by atoms with van der Waals surface area (Å²) in [6, 6.07) is 8.78. The van der Waals surface area contributed by atoms with E-state index >= 15 is 0 Å². The number of guanidine groups is 1. The lowest BCUT2D eigenvalue weighted by molar-refractivity contribution is -0.153. The van der Waals surface area contributed by atoms with Gasteiger partial charge in [0, 0.05) is 13.1 Å². The number of esters is 1. The maximum absolute atomic E-state index is 12.6. The van der Waals surface area contributed by atoms with Crippen LogP contribution in [0, 0.1) is 5.92 Å². The number of rotatable bonds is 3. The number of amides is 1. The third kappa shape index (κ3) is 3.41. The van der Waals surface area contributed by atoms with Crippen molar-refractivity contribution >= 4 is 17.8 Å². The molecule has 0 bridgehead atoms. The zero-order chi connectivity index (χ0) is 16.9. The second-order valence-electron chi connectivity index (χ2n) is 5.63. The summed E-state index contributed by atoms with van der Waals surface area (Å²) in [4.78, 5) is 31.5. The van der Waals surface area contributed by atoms with Crippen LogP contribution in [0.25, 0.3) is 0 Å². The van der Waals surface area contributed by atoms with Crippen LogP contribution in [0.5, 0.6) is 0 Å². The molecule has 0 aromatic heterocycles. The van der Waals surface area contributed by atoms with Gasteiger partial charge in [-0.3, -0.25) is 14.9 Å². The maximum Gasteiger partial charge on any atom is 0.321 e. The molecule has 7 nitrogen and oxygen atoms in total. The smallest absolute Gasteiger partial charge is 0.321 e. The summed E-state index contributed by atoms with van der Waals surface area (Å²) in [5.41, 5.74) is 0.816. The molecule has 7 heteroatoms. The summed E-state index contributed by atoms with van der Waals surface area (Å²) in [5, 5.41) is 2.76. The first-order valence-electron chi connectivity index (χ1n) is 8.13. The van der Waals surface area contributed by atoms with Crippen LogP contribution >= 0.6 is 0 Å². The second kappa shape index (κ2) is 7.44. The van der Waals surface area contributed by atoms with E-state index in [1.165, 1.54) is 0 Å². The molecule has 1 N–H and O–H groups in total. The average molecular weight is 331 g/mol. The van der Waals surface area contributed by atoms with Gasteiger partial charge in [-0.15, -0.1) is 0 Å². The van der Waals surface area contributed by atoms with E-state index in [9.17, 15) is 9.59 Å². The highest BCUT2D eigenvalue weighted by atomic mass is 16.5. The molecule has 3 rings (SSSR count). The van der Waals surface area contributed by atoms with Crippen molar-refractivity contribution in [1.29, 1.82) is 0 Å². The van der Waals surface area contributed by atoms with Crippen molar-refractivity contribution < 1.29 is 19.1 Å². The first kappa shape index (κ1) is 16.4. The van der Waals surface area contributed by atoms with Gasteiger partial charge in [-0.2, -0.15) is 0 Å². The van der Waals surface area contributed by atoms with Crippen molar-refractivity contribution in [3.8, 4) is 0 Å². The van der Waals surface area contributed by atoms with Gasteiger partial charge in [-0.1, -0.05) is 30.3 Å². The second-order valence-corrected chi connectivity index (χ2v) is 5.63. The van der Waals surface area contributed by atoms with Crippen LogP contribution in [0.1, 0.15) is 18.5 Å². The third-order valence-electron chi connectivity index (χ3n) is 4.09. The molecule has 2 atom stereocenters. The minimum absolute atomic E-state index is 0.226. The summed E-state index contributed by atoms with van der Waals surface area (Å²) in [7, 11) is 0. The molecule has 0 radical (unpaired) electrons. The fourth-order valence-corrected chi connectivity index (χ4v) is 2.89. The molecule has 1 amide bonds. The Morgan fingerprint density at radius 3 is 2.71 bits per heavy atom.